The van der Waals surface area contributed by atoms with E-state index in [1.807, 2.05) is 39.0 Å². The van der Waals surface area contributed by atoms with Crippen LogP contribution < -0.4 is 15.2 Å². The lowest BCUT2D eigenvalue weighted by Gasteiger charge is -2.13. The molecule has 2 heterocycles. The quantitative estimate of drug-likeness (QED) is 0.438. The van der Waals surface area contributed by atoms with Crippen molar-refractivity contribution in [2.75, 3.05) is 20.0 Å². The Bertz CT molecular complexity index is 1010. The number of ether oxygens (including phenoxy) is 2. The molecule has 7 heteroatoms. The number of nitrogens with two attached hydrogens (primary N) is 1. The van der Waals surface area contributed by atoms with Gasteiger partial charge >= 0.3 is 0 Å². The van der Waals surface area contributed by atoms with Crippen molar-refractivity contribution < 1.29 is 9.47 Å². The number of hydrogen-bond donors (Lipinski definition) is 1. The molecule has 0 aliphatic rings. The Morgan fingerprint density at radius 1 is 1.21 bits per heavy atom. The van der Waals surface area contributed by atoms with E-state index in [1.165, 1.54) is 0 Å². The van der Waals surface area contributed by atoms with Crippen LogP contribution in [-0.2, 0) is 6.54 Å². The Hall–Kier alpha value is -2.85. The summed E-state index contributed by atoms with van der Waals surface area (Å²) in [6.45, 7) is 6.80. The highest BCUT2D eigenvalue weighted by atomic mass is 32.2. The number of benzene rings is 1. The van der Waals surface area contributed by atoms with Crippen LogP contribution >= 0.6 is 11.8 Å². The maximum absolute atomic E-state index is 6.04. The molecule has 3 rings (SSSR count). The number of rotatable bonds is 7. The second-order valence-electron chi connectivity index (χ2n) is 5.99. The normalized spacial score (nSPS) is 10.2. The Morgan fingerprint density at radius 2 is 1.90 bits per heavy atom. The number of aryl methyl sites for hydroxylation is 2. The molecule has 0 saturated carbocycles. The molecule has 0 bridgehead atoms. The lowest BCUT2D eigenvalue weighted by atomic mass is 10.2. The summed E-state index contributed by atoms with van der Waals surface area (Å²) in [5, 5.41) is 0.844. The van der Waals surface area contributed by atoms with E-state index in [1.54, 1.807) is 32.2 Å². The first-order chi connectivity index (χ1) is 14.1. The molecule has 29 heavy (non-hydrogen) atoms. The van der Waals surface area contributed by atoms with Crippen LogP contribution in [-0.4, -0.2) is 28.8 Å². The van der Waals surface area contributed by atoms with Gasteiger partial charge in [-0.15, -0.1) is 12.3 Å². The minimum atomic E-state index is 0.425. The molecule has 0 unspecified atom stereocenters. The van der Waals surface area contributed by atoms with Gasteiger partial charge in [0.05, 0.1) is 19.7 Å². The summed E-state index contributed by atoms with van der Waals surface area (Å²) < 4.78 is 13.0. The summed E-state index contributed by atoms with van der Waals surface area (Å²) in [5.41, 5.74) is 8.78. The summed E-state index contributed by atoms with van der Waals surface area (Å²) >= 11 is 1.56. The number of aromatic nitrogens is 3. The van der Waals surface area contributed by atoms with E-state index in [9.17, 15) is 0 Å². The van der Waals surface area contributed by atoms with Crippen molar-refractivity contribution in [2.24, 2.45) is 0 Å². The topological polar surface area (TPSA) is 75.2 Å². The molecular formula is C22H28N4O2S. The number of unbranched alkanes of at least 4 members (excludes halogenated alkanes) is 1. The molecule has 0 amide bonds. The van der Waals surface area contributed by atoms with Crippen molar-refractivity contribution in [3.05, 3.63) is 30.0 Å². The molecular weight excluding hydrogens is 384 g/mol. The van der Waals surface area contributed by atoms with Crippen molar-refractivity contribution in [2.45, 2.75) is 50.2 Å². The summed E-state index contributed by atoms with van der Waals surface area (Å²) in [5.74, 6) is 4.50. The lowest BCUT2D eigenvalue weighted by molar-refractivity contribution is 0.353. The number of fused-ring (bicyclic) bond motifs is 1. The molecule has 0 spiro atoms. The second kappa shape index (κ2) is 10.6. The van der Waals surface area contributed by atoms with Crippen LogP contribution in [0, 0.1) is 19.3 Å². The summed E-state index contributed by atoms with van der Waals surface area (Å²) in [6, 6.07) is 5.86. The van der Waals surface area contributed by atoms with E-state index in [0.29, 0.717) is 29.3 Å². The van der Waals surface area contributed by atoms with Gasteiger partial charge in [0.1, 0.15) is 5.52 Å². The summed E-state index contributed by atoms with van der Waals surface area (Å²) in [6.07, 6.45) is 8.68. The molecule has 0 atom stereocenters. The van der Waals surface area contributed by atoms with Gasteiger partial charge in [0, 0.05) is 24.1 Å². The molecule has 1 aromatic carbocycles. The van der Waals surface area contributed by atoms with Crippen LogP contribution in [0.1, 0.15) is 32.3 Å². The lowest BCUT2D eigenvalue weighted by Crippen LogP contribution is -2.00. The van der Waals surface area contributed by atoms with Gasteiger partial charge in [0.2, 0.25) is 0 Å². The molecule has 0 saturated heterocycles. The number of methoxy groups -OCH3 is 2. The fraction of sp³-hybridized carbons (Fsp3) is 0.364. The molecule has 0 radical (unpaired) electrons. The van der Waals surface area contributed by atoms with Crippen LogP contribution in [0.25, 0.3) is 11.0 Å². The Kier molecular flexibility index (Phi) is 8.22. The van der Waals surface area contributed by atoms with E-state index in [2.05, 4.69) is 15.5 Å². The highest BCUT2D eigenvalue weighted by Gasteiger charge is 2.17. The van der Waals surface area contributed by atoms with Crippen molar-refractivity contribution in [3.8, 4) is 23.8 Å². The smallest absolute Gasteiger partial charge is 0.174 e. The molecule has 0 fully saturated rings. The van der Waals surface area contributed by atoms with Gasteiger partial charge in [0.15, 0.2) is 22.5 Å². The van der Waals surface area contributed by atoms with Crippen LogP contribution in [0.4, 0.5) is 5.82 Å². The fourth-order valence-corrected chi connectivity index (χ4v) is 3.87. The van der Waals surface area contributed by atoms with Gasteiger partial charge < -0.3 is 19.8 Å². The maximum Gasteiger partial charge on any atom is 0.174 e. The third-order valence-corrected chi connectivity index (χ3v) is 5.40. The zero-order chi connectivity index (χ0) is 21.4. The Balaban J connectivity index is 0.00000145. The zero-order valence-corrected chi connectivity index (χ0v) is 18.5. The summed E-state index contributed by atoms with van der Waals surface area (Å²) in [4.78, 5) is 9.93. The van der Waals surface area contributed by atoms with Crippen LogP contribution in [0.2, 0.25) is 0 Å². The first-order valence-corrected chi connectivity index (χ1v) is 10.3. The number of imidazole rings is 1. The zero-order valence-electron chi connectivity index (χ0n) is 17.7. The SMILES string of the molecule is C#CCCCn1c(Sc2cc(OC)c(OC)cc2C)nc2c(N)nccc21.CC. The predicted octanol–water partition coefficient (Wildman–Crippen LogP) is 4.93. The minimum absolute atomic E-state index is 0.425. The van der Waals surface area contributed by atoms with Gasteiger partial charge in [0.25, 0.3) is 0 Å². The van der Waals surface area contributed by atoms with Crippen molar-refractivity contribution in [3.63, 3.8) is 0 Å². The molecule has 6 nitrogen and oxygen atoms in total. The highest BCUT2D eigenvalue weighted by Crippen LogP contribution is 2.39. The van der Waals surface area contributed by atoms with E-state index in [4.69, 9.17) is 26.6 Å². The number of terminal acetylenes is 1. The average molecular weight is 413 g/mol. The molecule has 154 valence electrons. The number of nitrogens with zero attached hydrogens (tertiary/aromatic N) is 3. The Morgan fingerprint density at radius 3 is 2.55 bits per heavy atom. The standard InChI is InChI=1S/C20H22N4O2S.C2H6/c1-5-6-7-10-24-14-8-9-22-19(21)18(14)23-20(24)27-17-12-16(26-4)15(25-3)11-13(17)2;1-2/h1,8-9,11-12H,6-7,10H2,2-4H3,(H2,21,22);1-2H3. The van der Waals surface area contributed by atoms with Gasteiger partial charge in [-0.1, -0.05) is 25.6 Å². The second-order valence-corrected chi connectivity index (χ2v) is 7.00. The average Bonchev–Trinajstić information content (AvgIpc) is 3.09. The van der Waals surface area contributed by atoms with E-state index < -0.39 is 0 Å². The third kappa shape index (κ3) is 4.96. The van der Waals surface area contributed by atoms with Crippen LogP contribution in [0.3, 0.4) is 0 Å². The first kappa shape index (κ1) is 22.4. The molecule has 0 aliphatic carbocycles. The number of nitrogen functional groups attached to an aromatic ring is 1. The van der Waals surface area contributed by atoms with E-state index >= 15 is 0 Å². The number of hydrogen-bond acceptors (Lipinski definition) is 6. The first-order valence-electron chi connectivity index (χ1n) is 9.53. The number of anilines is 1. The van der Waals surface area contributed by atoms with E-state index in [0.717, 1.165) is 34.1 Å². The van der Waals surface area contributed by atoms with Gasteiger partial charge in [-0.25, -0.2) is 9.97 Å². The Labute approximate surface area is 176 Å². The van der Waals surface area contributed by atoms with Crippen LogP contribution in [0.15, 0.2) is 34.4 Å². The molecule has 2 N–H and O–H groups in total. The maximum atomic E-state index is 6.04. The molecule has 2 aromatic heterocycles. The minimum Gasteiger partial charge on any atom is -0.493 e. The van der Waals surface area contributed by atoms with Crippen LogP contribution in [0.5, 0.6) is 11.5 Å². The van der Waals surface area contributed by atoms with E-state index in [-0.39, 0.29) is 0 Å². The van der Waals surface area contributed by atoms with Gasteiger partial charge in [-0.2, -0.15) is 0 Å². The monoisotopic (exact) mass is 412 g/mol. The van der Waals surface area contributed by atoms with Gasteiger partial charge in [-0.05, 0) is 37.1 Å². The fourth-order valence-electron chi connectivity index (χ4n) is 2.85. The predicted molar refractivity (Wildman–Crippen MR) is 120 cm³/mol. The highest BCUT2D eigenvalue weighted by molar-refractivity contribution is 7.99. The molecule has 0 aliphatic heterocycles. The van der Waals surface area contributed by atoms with Gasteiger partial charge in [-0.3, -0.25) is 0 Å². The van der Waals surface area contributed by atoms with Crippen molar-refractivity contribution >= 4 is 28.6 Å². The number of pyridine rings is 1. The third-order valence-electron chi connectivity index (χ3n) is 4.25. The van der Waals surface area contributed by atoms with Crippen molar-refractivity contribution in [1.82, 2.24) is 14.5 Å². The van der Waals surface area contributed by atoms with Crippen molar-refractivity contribution in [1.29, 1.82) is 0 Å². The summed E-state index contributed by atoms with van der Waals surface area (Å²) in [7, 11) is 3.26. The molecule has 3 aromatic rings. The largest absolute Gasteiger partial charge is 0.493 e.